The molecule has 0 aliphatic heterocycles. The lowest BCUT2D eigenvalue weighted by Crippen LogP contribution is -2.27. The van der Waals surface area contributed by atoms with Gasteiger partial charge in [-0.25, -0.2) is 4.79 Å². The van der Waals surface area contributed by atoms with Crippen molar-refractivity contribution in [2.75, 3.05) is 27.4 Å². The molecule has 1 heterocycles. The first kappa shape index (κ1) is 21.2. The third-order valence-corrected chi connectivity index (χ3v) is 4.18. The van der Waals surface area contributed by atoms with Crippen LogP contribution in [0.4, 0.5) is 0 Å². The van der Waals surface area contributed by atoms with Crippen LogP contribution in [0.3, 0.4) is 0 Å². The van der Waals surface area contributed by atoms with E-state index >= 15 is 0 Å². The molecule has 0 aliphatic carbocycles. The van der Waals surface area contributed by atoms with Gasteiger partial charge in [-0.15, -0.1) is 0 Å². The van der Waals surface area contributed by atoms with Crippen LogP contribution in [-0.2, 0) is 14.3 Å². The highest BCUT2D eigenvalue weighted by atomic mass is 16.6. The molecular formula is C22H22O8. The lowest BCUT2D eigenvalue weighted by molar-refractivity contribution is -0.152. The molecule has 0 unspecified atom stereocenters. The molecule has 0 radical (unpaired) electrons. The van der Waals surface area contributed by atoms with E-state index < -0.39 is 12.1 Å². The Labute approximate surface area is 172 Å². The monoisotopic (exact) mass is 414 g/mol. The zero-order chi connectivity index (χ0) is 21.5. The second kappa shape index (κ2) is 9.80. The van der Waals surface area contributed by atoms with Gasteiger partial charge in [-0.2, -0.15) is 0 Å². The number of benzene rings is 2. The second-order valence-electron chi connectivity index (χ2n) is 6.29. The van der Waals surface area contributed by atoms with Gasteiger partial charge in [0.1, 0.15) is 35.7 Å². The molecule has 1 aromatic heterocycles. The number of hydrogen-bond donors (Lipinski definition) is 0. The Hall–Kier alpha value is -3.52. The Morgan fingerprint density at radius 3 is 2.40 bits per heavy atom. The molecule has 30 heavy (non-hydrogen) atoms. The van der Waals surface area contributed by atoms with Crippen molar-refractivity contribution in [3.63, 3.8) is 0 Å². The molecule has 158 valence electrons. The molecule has 0 saturated heterocycles. The van der Waals surface area contributed by atoms with E-state index in [0.29, 0.717) is 34.8 Å². The highest BCUT2D eigenvalue weighted by molar-refractivity contribution is 5.79. The standard InChI is InChI=1S/C22H22O8/c1-14(22(24)27-11-10-25-2)29-17-8-9-18-19(12-17)28-13-20(21(18)23)30-16-6-4-15(26-3)5-7-16/h4-9,12-14H,10-11H2,1-3H3/t14-/m0/s1. The van der Waals surface area contributed by atoms with E-state index in [-0.39, 0.29) is 17.8 Å². The Kier molecular flexibility index (Phi) is 6.92. The summed E-state index contributed by atoms with van der Waals surface area (Å²) in [5, 5.41) is 0.323. The number of carbonyl (C=O) groups excluding carboxylic acids is 1. The largest absolute Gasteiger partial charge is 0.497 e. The first-order valence-corrected chi connectivity index (χ1v) is 9.21. The Morgan fingerprint density at radius 1 is 1.00 bits per heavy atom. The first-order chi connectivity index (χ1) is 14.5. The number of ether oxygens (including phenoxy) is 5. The molecule has 8 nitrogen and oxygen atoms in total. The van der Waals surface area contributed by atoms with Gasteiger partial charge in [0.05, 0.1) is 19.1 Å². The maximum Gasteiger partial charge on any atom is 0.347 e. The summed E-state index contributed by atoms with van der Waals surface area (Å²) in [4.78, 5) is 24.6. The molecule has 0 fully saturated rings. The van der Waals surface area contributed by atoms with Gasteiger partial charge in [-0.1, -0.05) is 0 Å². The van der Waals surface area contributed by atoms with Gasteiger partial charge in [-0.3, -0.25) is 4.79 Å². The zero-order valence-electron chi connectivity index (χ0n) is 16.9. The molecule has 0 aliphatic rings. The first-order valence-electron chi connectivity index (χ1n) is 9.21. The fourth-order valence-corrected chi connectivity index (χ4v) is 2.60. The molecule has 0 spiro atoms. The number of hydrogen-bond acceptors (Lipinski definition) is 8. The molecule has 2 aromatic carbocycles. The zero-order valence-corrected chi connectivity index (χ0v) is 16.9. The van der Waals surface area contributed by atoms with Crippen molar-refractivity contribution < 1.29 is 32.9 Å². The minimum atomic E-state index is -0.830. The SMILES string of the molecule is COCCOC(=O)[C@H](C)Oc1ccc2c(=O)c(Oc3ccc(OC)cc3)coc2c1. The normalized spacial score (nSPS) is 11.7. The van der Waals surface area contributed by atoms with Crippen molar-refractivity contribution >= 4 is 16.9 Å². The molecule has 8 heteroatoms. The van der Waals surface area contributed by atoms with E-state index in [2.05, 4.69) is 0 Å². The summed E-state index contributed by atoms with van der Waals surface area (Å²) in [5.41, 5.74) is -0.0230. The summed E-state index contributed by atoms with van der Waals surface area (Å²) in [6, 6.07) is 11.5. The van der Waals surface area contributed by atoms with E-state index in [0.717, 1.165) is 0 Å². The maximum absolute atomic E-state index is 12.7. The number of esters is 1. The van der Waals surface area contributed by atoms with Crippen LogP contribution >= 0.6 is 0 Å². The van der Waals surface area contributed by atoms with Gasteiger partial charge >= 0.3 is 5.97 Å². The minimum Gasteiger partial charge on any atom is -0.497 e. The lowest BCUT2D eigenvalue weighted by Gasteiger charge is -2.14. The van der Waals surface area contributed by atoms with Crippen molar-refractivity contribution in [2.24, 2.45) is 0 Å². The van der Waals surface area contributed by atoms with Crippen LogP contribution in [0.5, 0.6) is 23.0 Å². The summed E-state index contributed by atoms with van der Waals surface area (Å²) >= 11 is 0. The molecule has 0 bridgehead atoms. The highest BCUT2D eigenvalue weighted by Crippen LogP contribution is 2.25. The van der Waals surface area contributed by atoms with E-state index in [1.165, 1.54) is 19.4 Å². The minimum absolute atomic E-state index is 0.0522. The Bertz CT molecular complexity index is 1050. The predicted octanol–water partition coefficient (Wildman–Crippen LogP) is 3.55. The number of carbonyl (C=O) groups is 1. The van der Waals surface area contributed by atoms with Crippen molar-refractivity contribution in [3.05, 3.63) is 59.0 Å². The van der Waals surface area contributed by atoms with E-state index in [1.807, 2.05) is 0 Å². The molecule has 0 amide bonds. The topological polar surface area (TPSA) is 93.4 Å². The van der Waals surface area contributed by atoms with E-state index in [1.54, 1.807) is 50.4 Å². The molecule has 0 saturated carbocycles. The number of rotatable bonds is 9. The summed E-state index contributed by atoms with van der Waals surface area (Å²) in [5.74, 6) is 1.05. The Morgan fingerprint density at radius 2 is 1.70 bits per heavy atom. The van der Waals surface area contributed by atoms with Crippen LogP contribution in [0.2, 0.25) is 0 Å². The van der Waals surface area contributed by atoms with E-state index in [4.69, 9.17) is 28.1 Å². The van der Waals surface area contributed by atoms with Gasteiger partial charge in [0.25, 0.3) is 0 Å². The summed E-state index contributed by atoms with van der Waals surface area (Å²) < 4.78 is 31.7. The number of methoxy groups -OCH3 is 2. The third kappa shape index (κ3) is 5.09. The van der Waals surface area contributed by atoms with E-state index in [9.17, 15) is 9.59 Å². The average Bonchev–Trinajstić information content (AvgIpc) is 2.76. The van der Waals surface area contributed by atoms with Crippen LogP contribution in [0, 0.1) is 0 Å². The maximum atomic E-state index is 12.7. The molecule has 1 atom stereocenters. The fraction of sp³-hybridized carbons (Fsp3) is 0.273. The van der Waals surface area contributed by atoms with Gasteiger partial charge < -0.3 is 28.1 Å². The van der Waals surface area contributed by atoms with Gasteiger partial charge in [0.2, 0.25) is 11.2 Å². The second-order valence-corrected chi connectivity index (χ2v) is 6.29. The summed E-state index contributed by atoms with van der Waals surface area (Å²) in [7, 11) is 3.08. The van der Waals surface area contributed by atoms with Crippen molar-refractivity contribution in [1.82, 2.24) is 0 Å². The summed E-state index contributed by atoms with van der Waals surface area (Å²) in [6.45, 7) is 2.02. The molecule has 0 N–H and O–H groups in total. The smallest absolute Gasteiger partial charge is 0.347 e. The van der Waals surface area contributed by atoms with Crippen LogP contribution in [0.1, 0.15) is 6.92 Å². The molecule has 3 aromatic rings. The molecule has 3 rings (SSSR count). The quantitative estimate of drug-likeness (QED) is 0.388. The fourth-order valence-electron chi connectivity index (χ4n) is 2.60. The van der Waals surface area contributed by atoms with Crippen molar-refractivity contribution in [3.8, 4) is 23.0 Å². The average molecular weight is 414 g/mol. The predicted molar refractivity (Wildman–Crippen MR) is 108 cm³/mol. The van der Waals surface area contributed by atoms with Crippen molar-refractivity contribution in [1.29, 1.82) is 0 Å². The van der Waals surface area contributed by atoms with Crippen LogP contribution in [-0.4, -0.2) is 39.5 Å². The lowest BCUT2D eigenvalue weighted by atomic mass is 10.2. The van der Waals surface area contributed by atoms with Gasteiger partial charge in [0.15, 0.2) is 6.10 Å². The van der Waals surface area contributed by atoms with Crippen LogP contribution < -0.4 is 19.6 Å². The van der Waals surface area contributed by atoms with Gasteiger partial charge in [0, 0.05) is 13.2 Å². The third-order valence-electron chi connectivity index (χ3n) is 4.18. The number of fused-ring (bicyclic) bond motifs is 1. The van der Waals surface area contributed by atoms with Crippen molar-refractivity contribution in [2.45, 2.75) is 13.0 Å². The molecular weight excluding hydrogens is 392 g/mol. The van der Waals surface area contributed by atoms with Crippen LogP contribution in [0.15, 0.2) is 57.9 Å². The van der Waals surface area contributed by atoms with Gasteiger partial charge in [-0.05, 0) is 43.3 Å². The summed E-state index contributed by atoms with van der Waals surface area (Å²) in [6.07, 6.45) is 0.407. The Balaban J connectivity index is 1.73. The highest BCUT2D eigenvalue weighted by Gasteiger charge is 2.17. The van der Waals surface area contributed by atoms with Crippen LogP contribution in [0.25, 0.3) is 11.0 Å².